The van der Waals surface area contributed by atoms with Crippen molar-refractivity contribution in [3.63, 3.8) is 0 Å². The van der Waals surface area contributed by atoms with E-state index in [9.17, 15) is 33.5 Å². The van der Waals surface area contributed by atoms with Gasteiger partial charge in [-0.05, 0) is 11.1 Å². The molecule has 3 aromatic rings. The molecule has 1 aliphatic rings. The molecule has 6 atom stereocenters. The highest BCUT2D eigenvalue weighted by Gasteiger charge is 2.46. The number of anilines is 1. The van der Waals surface area contributed by atoms with Gasteiger partial charge in [-0.2, -0.15) is 8.62 Å². The maximum Gasteiger partial charge on any atom is 0.490 e. The van der Waals surface area contributed by atoms with Crippen molar-refractivity contribution in [2.75, 3.05) is 5.73 Å². The third-order valence-corrected chi connectivity index (χ3v) is 9.28. The third-order valence-electron chi connectivity index (χ3n) is 5.05. The largest absolute Gasteiger partial charge is 0.490 e. The SMILES string of the molecule is NCc1ccc(COP(=O)(O)OP(=O)(O)OP(=O)(O)OC2OC(n3cnc4c(N)ncnc43)CC2O)cc1. The number of aromatic nitrogens is 4. The Labute approximate surface area is 214 Å². The Balaban J connectivity index is 1.35. The van der Waals surface area contributed by atoms with E-state index in [0.29, 0.717) is 5.56 Å². The molecular formula is C17H23N6O12P3. The second-order valence-electron chi connectivity index (χ2n) is 7.81. The highest BCUT2D eigenvalue weighted by atomic mass is 31.3. The van der Waals surface area contributed by atoms with Gasteiger partial charge in [0.05, 0.1) is 12.9 Å². The average molecular weight is 596 g/mol. The summed E-state index contributed by atoms with van der Waals surface area (Å²) in [4.78, 5) is 41.3. The van der Waals surface area contributed by atoms with Crippen LogP contribution in [0.25, 0.3) is 11.2 Å². The number of hydrogen-bond donors (Lipinski definition) is 6. The average Bonchev–Trinajstić information content (AvgIpc) is 3.40. The normalized spacial score (nSPS) is 24.6. The molecule has 0 saturated carbocycles. The number of aliphatic hydroxyl groups excluding tert-OH is 1. The molecule has 4 rings (SSSR count). The first-order chi connectivity index (χ1) is 17.8. The highest BCUT2D eigenvalue weighted by Crippen LogP contribution is 2.68. The molecule has 2 aromatic heterocycles. The molecular weight excluding hydrogens is 573 g/mol. The lowest BCUT2D eigenvalue weighted by Gasteiger charge is -2.21. The number of hydrogen-bond acceptors (Lipinski definition) is 14. The summed E-state index contributed by atoms with van der Waals surface area (Å²) in [7, 11) is -16.5. The van der Waals surface area contributed by atoms with Gasteiger partial charge < -0.3 is 36.0 Å². The molecule has 0 spiro atoms. The van der Waals surface area contributed by atoms with Crippen molar-refractivity contribution < 1.29 is 55.9 Å². The monoisotopic (exact) mass is 596 g/mol. The molecule has 1 aliphatic heterocycles. The minimum atomic E-state index is -5.72. The van der Waals surface area contributed by atoms with Crippen LogP contribution in [-0.4, -0.2) is 51.7 Å². The van der Waals surface area contributed by atoms with Crippen molar-refractivity contribution in [2.45, 2.75) is 38.2 Å². The van der Waals surface area contributed by atoms with Gasteiger partial charge in [-0.15, -0.1) is 0 Å². The molecule has 0 bridgehead atoms. The fraction of sp³-hybridized carbons (Fsp3) is 0.353. The van der Waals surface area contributed by atoms with Crippen LogP contribution in [0.3, 0.4) is 0 Å². The number of phosphoric acid groups is 3. The molecule has 1 aromatic carbocycles. The van der Waals surface area contributed by atoms with E-state index < -0.39 is 48.7 Å². The van der Waals surface area contributed by atoms with E-state index in [0.717, 1.165) is 5.56 Å². The summed E-state index contributed by atoms with van der Waals surface area (Å²) in [6.07, 6.45) is -2.08. The molecule has 6 unspecified atom stereocenters. The summed E-state index contributed by atoms with van der Waals surface area (Å²) in [5.41, 5.74) is 12.9. The Hall–Kier alpha value is -2.14. The van der Waals surface area contributed by atoms with Gasteiger partial charge >= 0.3 is 23.5 Å². The molecule has 38 heavy (non-hydrogen) atoms. The fourth-order valence-corrected chi connectivity index (χ4v) is 6.93. The Morgan fingerprint density at radius 2 is 1.66 bits per heavy atom. The zero-order chi connectivity index (χ0) is 27.7. The van der Waals surface area contributed by atoms with Crippen LogP contribution in [0.2, 0.25) is 0 Å². The van der Waals surface area contributed by atoms with Crippen LogP contribution in [0.15, 0.2) is 36.9 Å². The van der Waals surface area contributed by atoms with Crippen LogP contribution in [0.5, 0.6) is 0 Å². The quantitative estimate of drug-likeness (QED) is 0.169. The number of aliphatic hydroxyl groups is 1. The van der Waals surface area contributed by atoms with Crippen molar-refractivity contribution in [3.05, 3.63) is 48.0 Å². The number of fused-ring (bicyclic) bond motifs is 1. The molecule has 3 heterocycles. The van der Waals surface area contributed by atoms with Crippen LogP contribution in [-0.2, 0) is 49.3 Å². The summed E-state index contributed by atoms with van der Waals surface area (Å²) in [5, 5.41) is 10.2. The van der Waals surface area contributed by atoms with E-state index in [1.54, 1.807) is 12.1 Å². The molecule has 8 N–H and O–H groups in total. The van der Waals surface area contributed by atoms with Crippen molar-refractivity contribution in [1.82, 2.24) is 19.5 Å². The van der Waals surface area contributed by atoms with Crippen molar-refractivity contribution >= 4 is 40.4 Å². The summed E-state index contributed by atoms with van der Waals surface area (Å²) in [5.74, 6) is 0.0849. The van der Waals surface area contributed by atoms with E-state index in [2.05, 4.69) is 32.6 Å². The van der Waals surface area contributed by atoms with E-state index in [-0.39, 0.29) is 29.9 Å². The summed E-state index contributed by atoms with van der Waals surface area (Å²) >= 11 is 0. The predicted octanol–water partition coefficient (Wildman–Crippen LogP) is 1.04. The Kier molecular flexibility index (Phi) is 8.47. The summed E-state index contributed by atoms with van der Waals surface area (Å²) in [6, 6.07) is 6.32. The number of nitrogen functional groups attached to an aromatic ring is 1. The van der Waals surface area contributed by atoms with Crippen LogP contribution in [0.4, 0.5) is 5.82 Å². The van der Waals surface area contributed by atoms with Gasteiger partial charge in [-0.3, -0.25) is 13.6 Å². The lowest BCUT2D eigenvalue weighted by atomic mass is 10.1. The molecule has 18 nitrogen and oxygen atoms in total. The Morgan fingerprint density at radius 1 is 1.00 bits per heavy atom. The molecule has 208 valence electrons. The number of phosphoric ester groups is 2. The zero-order valence-electron chi connectivity index (χ0n) is 19.2. The summed E-state index contributed by atoms with van der Waals surface area (Å²) in [6.45, 7) is -0.250. The second kappa shape index (κ2) is 11.2. The standard InChI is InChI=1S/C17H23N6O12P3/c18-6-10-1-3-11(4-2-10)7-31-36(25,26)34-38(29,30)35-37(27,28)33-17-12(24)5-13(32-17)23-9-22-14-15(19)20-8-21-16(14)23/h1-4,8-9,12-13,17,24H,5-7,18H2,(H,25,26)(H,27,28)(H,29,30)(H2,19,20,21). The van der Waals surface area contributed by atoms with Gasteiger partial charge in [0.25, 0.3) is 0 Å². The smallest absolute Gasteiger partial charge is 0.388 e. The Bertz CT molecular complexity index is 1440. The van der Waals surface area contributed by atoms with Crippen molar-refractivity contribution in [1.29, 1.82) is 0 Å². The summed E-state index contributed by atoms with van der Waals surface area (Å²) < 4.78 is 60.8. The molecule has 0 aliphatic carbocycles. The van der Waals surface area contributed by atoms with Gasteiger partial charge in [0.2, 0.25) is 0 Å². The molecule has 0 radical (unpaired) electrons. The minimum absolute atomic E-state index is 0.0849. The van der Waals surface area contributed by atoms with E-state index >= 15 is 0 Å². The molecule has 21 heteroatoms. The second-order valence-corrected chi connectivity index (χ2v) is 12.4. The number of benzene rings is 1. The van der Waals surface area contributed by atoms with Gasteiger partial charge in [-0.1, -0.05) is 24.3 Å². The number of nitrogens with two attached hydrogens (primary N) is 2. The lowest BCUT2D eigenvalue weighted by molar-refractivity contribution is -0.133. The van der Waals surface area contributed by atoms with Gasteiger partial charge in [0, 0.05) is 13.0 Å². The van der Waals surface area contributed by atoms with Crippen molar-refractivity contribution in [2.24, 2.45) is 5.73 Å². The fourth-order valence-electron chi connectivity index (χ4n) is 3.35. The number of rotatable bonds is 11. The zero-order valence-corrected chi connectivity index (χ0v) is 21.8. The van der Waals surface area contributed by atoms with Crippen LogP contribution in [0.1, 0.15) is 23.8 Å². The highest BCUT2D eigenvalue weighted by molar-refractivity contribution is 7.66. The molecule has 0 amide bonds. The van der Waals surface area contributed by atoms with E-state index in [1.807, 2.05) is 0 Å². The van der Waals surface area contributed by atoms with E-state index in [4.69, 9.17) is 16.2 Å². The molecule has 1 saturated heterocycles. The maximum absolute atomic E-state index is 12.3. The van der Waals surface area contributed by atoms with Crippen LogP contribution in [0, 0.1) is 0 Å². The van der Waals surface area contributed by atoms with Gasteiger partial charge in [-0.25, -0.2) is 28.6 Å². The lowest BCUT2D eigenvalue weighted by Crippen LogP contribution is -2.23. The first-order valence-electron chi connectivity index (χ1n) is 10.6. The van der Waals surface area contributed by atoms with Gasteiger partial charge in [0.15, 0.2) is 17.8 Å². The minimum Gasteiger partial charge on any atom is -0.388 e. The third kappa shape index (κ3) is 7.08. The van der Waals surface area contributed by atoms with Crippen molar-refractivity contribution in [3.8, 4) is 0 Å². The molecule has 1 fully saturated rings. The first-order valence-corrected chi connectivity index (χ1v) is 15.0. The number of ether oxygens (including phenoxy) is 1. The Morgan fingerprint density at radius 3 is 2.34 bits per heavy atom. The van der Waals surface area contributed by atoms with E-state index in [1.165, 1.54) is 29.4 Å². The number of nitrogens with zero attached hydrogens (tertiary/aromatic N) is 4. The van der Waals surface area contributed by atoms with Crippen LogP contribution >= 0.6 is 23.5 Å². The maximum atomic E-state index is 12.3. The van der Waals surface area contributed by atoms with Gasteiger partial charge in [0.1, 0.15) is 24.2 Å². The van der Waals surface area contributed by atoms with Crippen LogP contribution < -0.4 is 11.5 Å². The topological polar surface area (TPSA) is 274 Å². The number of imidazole rings is 1. The predicted molar refractivity (Wildman–Crippen MR) is 126 cm³/mol. The first kappa shape index (κ1) is 28.9.